The predicted molar refractivity (Wildman–Crippen MR) is 125 cm³/mol. The van der Waals surface area contributed by atoms with Crippen LogP contribution in [0.15, 0.2) is 48.5 Å². The Labute approximate surface area is 198 Å². The fourth-order valence-corrected chi connectivity index (χ4v) is 5.23. The maximum absolute atomic E-state index is 13.8. The summed E-state index contributed by atoms with van der Waals surface area (Å²) < 4.78 is 0. The highest BCUT2D eigenvalue weighted by Gasteiger charge is 2.52. The molecule has 0 spiro atoms. The van der Waals surface area contributed by atoms with Crippen LogP contribution in [-0.4, -0.2) is 33.7 Å². The van der Waals surface area contributed by atoms with Gasteiger partial charge in [0.15, 0.2) is 5.78 Å². The Morgan fingerprint density at radius 3 is 2.31 bits per heavy atom. The van der Waals surface area contributed by atoms with Gasteiger partial charge in [0.2, 0.25) is 5.91 Å². The van der Waals surface area contributed by atoms with E-state index in [1.54, 1.807) is 30.0 Å². The lowest BCUT2D eigenvalue weighted by Crippen LogP contribution is -2.57. The van der Waals surface area contributed by atoms with Crippen molar-refractivity contribution in [2.45, 2.75) is 58.0 Å². The second-order valence-electron chi connectivity index (χ2n) is 8.74. The average Bonchev–Trinajstić information content (AvgIpc) is 2.71. The molecule has 1 saturated heterocycles. The SMILES string of the molecule is CC[C@@H](C(C)=O)N1C(=O)[C@@](C)(CC(=O)O)C[C@H](c2cccc(Cl)c2)C1c1ccc(Cl)cc1. The molecule has 0 aromatic heterocycles. The van der Waals surface area contributed by atoms with Gasteiger partial charge in [-0.1, -0.05) is 61.3 Å². The number of halogens is 2. The van der Waals surface area contributed by atoms with Gasteiger partial charge in [-0.05, 0) is 55.2 Å². The molecule has 2 aromatic carbocycles. The number of carboxylic acid groups (broad SMARTS) is 1. The van der Waals surface area contributed by atoms with Crippen molar-refractivity contribution >= 4 is 40.9 Å². The number of rotatable bonds is 7. The molecule has 1 heterocycles. The molecule has 1 unspecified atom stereocenters. The van der Waals surface area contributed by atoms with Gasteiger partial charge in [-0.25, -0.2) is 0 Å². The van der Waals surface area contributed by atoms with Crippen LogP contribution in [0, 0.1) is 5.41 Å². The van der Waals surface area contributed by atoms with Gasteiger partial charge in [0.25, 0.3) is 0 Å². The number of nitrogens with zero attached hydrogens (tertiary/aromatic N) is 1. The van der Waals surface area contributed by atoms with Crippen molar-refractivity contribution in [3.8, 4) is 0 Å². The highest BCUT2D eigenvalue weighted by Crippen LogP contribution is 2.52. The Kier molecular flexibility index (Phi) is 7.31. The molecule has 32 heavy (non-hydrogen) atoms. The molecule has 7 heteroatoms. The monoisotopic (exact) mass is 475 g/mol. The van der Waals surface area contributed by atoms with Crippen LogP contribution in [-0.2, 0) is 14.4 Å². The average molecular weight is 476 g/mol. The lowest BCUT2D eigenvalue weighted by Gasteiger charge is -2.51. The molecule has 0 aliphatic carbocycles. The van der Waals surface area contributed by atoms with Gasteiger partial charge in [0.05, 0.1) is 23.9 Å². The van der Waals surface area contributed by atoms with Gasteiger partial charge < -0.3 is 10.0 Å². The molecule has 0 bridgehead atoms. The van der Waals surface area contributed by atoms with Crippen molar-refractivity contribution in [1.82, 2.24) is 4.90 Å². The van der Waals surface area contributed by atoms with Crippen molar-refractivity contribution in [2.75, 3.05) is 0 Å². The first kappa shape index (κ1) is 24.3. The summed E-state index contributed by atoms with van der Waals surface area (Å²) in [7, 11) is 0. The highest BCUT2D eigenvalue weighted by molar-refractivity contribution is 6.30. The Hall–Kier alpha value is -2.37. The first-order valence-corrected chi connectivity index (χ1v) is 11.4. The molecule has 1 amide bonds. The van der Waals surface area contributed by atoms with E-state index in [0.717, 1.165) is 11.1 Å². The quantitative estimate of drug-likeness (QED) is 0.540. The van der Waals surface area contributed by atoms with Crippen molar-refractivity contribution in [3.63, 3.8) is 0 Å². The second kappa shape index (κ2) is 9.63. The summed E-state index contributed by atoms with van der Waals surface area (Å²) in [5.41, 5.74) is 0.569. The van der Waals surface area contributed by atoms with Crippen molar-refractivity contribution < 1.29 is 19.5 Å². The number of carboxylic acids is 1. The lowest BCUT2D eigenvalue weighted by molar-refractivity contribution is -0.162. The maximum Gasteiger partial charge on any atom is 0.304 e. The van der Waals surface area contributed by atoms with E-state index < -0.39 is 23.5 Å². The van der Waals surface area contributed by atoms with Crippen LogP contribution >= 0.6 is 23.2 Å². The molecule has 1 aliphatic rings. The summed E-state index contributed by atoms with van der Waals surface area (Å²) in [6, 6.07) is 13.5. The topological polar surface area (TPSA) is 74.7 Å². The standard InChI is InChI=1S/C25H27Cl2NO4/c1-4-21(15(2)29)28-23(16-8-10-18(26)11-9-16)20(17-6-5-7-19(27)12-17)13-25(3,24(28)32)14-22(30)31/h5-12,20-21,23H,4,13-14H2,1-3H3,(H,30,31)/t20-,21+,23?,25-/m1/s1. The van der Waals surface area contributed by atoms with Gasteiger partial charge in [-0.2, -0.15) is 0 Å². The zero-order chi connectivity index (χ0) is 23.6. The summed E-state index contributed by atoms with van der Waals surface area (Å²) in [5.74, 6) is -1.76. The third-order valence-electron chi connectivity index (χ3n) is 6.32. The van der Waals surface area contributed by atoms with E-state index in [4.69, 9.17) is 23.2 Å². The van der Waals surface area contributed by atoms with E-state index in [2.05, 4.69) is 0 Å². The van der Waals surface area contributed by atoms with Gasteiger partial charge in [-0.15, -0.1) is 0 Å². The second-order valence-corrected chi connectivity index (χ2v) is 9.61. The third-order valence-corrected chi connectivity index (χ3v) is 6.81. The Morgan fingerprint density at radius 2 is 1.78 bits per heavy atom. The fourth-order valence-electron chi connectivity index (χ4n) is 4.90. The van der Waals surface area contributed by atoms with Crippen molar-refractivity contribution in [1.29, 1.82) is 0 Å². The number of benzene rings is 2. The number of likely N-dealkylation sites (tertiary alicyclic amines) is 1. The molecule has 3 rings (SSSR count). The van der Waals surface area contributed by atoms with E-state index in [-0.39, 0.29) is 24.0 Å². The molecule has 5 nitrogen and oxygen atoms in total. The maximum atomic E-state index is 13.8. The first-order valence-electron chi connectivity index (χ1n) is 10.6. The molecule has 0 radical (unpaired) electrons. The number of carbonyl (C=O) groups excluding carboxylic acids is 2. The Bertz CT molecular complexity index is 1020. The van der Waals surface area contributed by atoms with Gasteiger partial charge in [0, 0.05) is 16.0 Å². The smallest absolute Gasteiger partial charge is 0.304 e. The molecule has 2 aromatic rings. The number of hydrogen-bond acceptors (Lipinski definition) is 3. The Balaban J connectivity index is 2.26. The minimum atomic E-state index is -1.16. The van der Waals surface area contributed by atoms with Gasteiger partial charge >= 0.3 is 5.97 Å². The van der Waals surface area contributed by atoms with Crippen LogP contribution < -0.4 is 0 Å². The van der Waals surface area contributed by atoms with E-state index in [1.807, 2.05) is 37.3 Å². The van der Waals surface area contributed by atoms with Gasteiger partial charge in [0.1, 0.15) is 0 Å². The van der Waals surface area contributed by atoms with E-state index >= 15 is 0 Å². The normalized spacial score (nSPS) is 24.3. The zero-order valence-electron chi connectivity index (χ0n) is 18.3. The Morgan fingerprint density at radius 1 is 1.12 bits per heavy atom. The lowest BCUT2D eigenvalue weighted by atomic mass is 9.67. The first-order chi connectivity index (χ1) is 15.1. The number of piperidine rings is 1. The number of amides is 1. The molecule has 1 N–H and O–H groups in total. The van der Waals surface area contributed by atoms with E-state index in [9.17, 15) is 19.5 Å². The van der Waals surface area contributed by atoms with Crippen LogP contribution in [0.2, 0.25) is 10.0 Å². The van der Waals surface area contributed by atoms with Crippen molar-refractivity contribution in [2.24, 2.45) is 5.41 Å². The predicted octanol–water partition coefficient (Wildman–Crippen LogP) is 5.90. The number of ketones is 1. The molecular weight excluding hydrogens is 449 g/mol. The van der Waals surface area contributed by atoms with Crippen molar-refractivity contribution in [3.05, 3.63) is 69.7 Å². The summed E-state index contributed by atoms with van der Waals surface area (Å²) in [5, 5.41) is 10.7. The minimum absolute atomic E-state index is 0.135. The largest absolute Gasteiger partial charge is 0.481 e. The van der Waals surface area contributed by atoms with E-state index in [1.165, 1.54) is 6.92 Å². The molecule has 4 atom stereocenters. The number of hydrogen-bond donors (Lipinski definition) is 1. The molecular formula is C25H27Cl2NO4. The molecule has 170 valence electrons. The number of Topliss-reactive ketones (excluding diaryl/α,β-unsaturated/α-hetero) is 1. The van der Waals surface area contributed by atoms with Crippen LogP contribution in [0.5, 0.6) is 0 Å². The highest BCUT2D eigenvalue weighted by atomic mass is 35.5. The summed E-state index contributed by atoms with van der Waals surface area (Å²) in [6.07, 6.45) is 0.425. The third kappa shape index (κ3) is 4.84. The summed E-state index contributed by atoms with van der Waals surface area (Å²) in [4.78, 5) is 39.8. The summed E-state index contributed by atoms with van der Waals surface area (Å²) in [6.45, 7) is 5.01. The van der Waals surface area contributed by atoms with Gasteiger partial charge in [-0.3, -0.25) is 14.4 Å². The molecule has 0 saturated carbocycles. The number of carbonyl (C=O) groups is 3. The zero-order valence-corrected chi connectivity index (χ0v) is 19.9. The molecule has 1 aliphatic heterocycles. The fraction of sp³-hybridized carbons (Fsp3) is 0.400. The van der Waals surface area contributed by atoms with Crippen LogP contribution in [0.3, 0.4) is 0 Å². The molecule has 1 fully saturated rings. The summed E-state index contributed by atoms with van der Waals surface area (Å²) >= 11 is 12.4. The van der Waals surface area contributed by atoms with Crippen LogP contribution in [0.25, 0.3) is 0 Å². The van der Waals surface area contributed by atoms with Crippen LogP contribution in [0.4, 0.5) is 0 Å². The van der Waals surface area contributed by atoms with E-state index in [0.29, 0.717) is 22.9 Å². The number of aliphatic carboxylic acids is 1. The minimum Gasteiger partial charge on any atom is -0.481 e. The van der Waals surface area contributed by atoms with Crippen LogP contribution in [0.1, 0.15) is 63.1 Å².